The fourth-order valence-corrected chi connectivity index (χ4v) is 2.37. The molecule has 2 rings (SSSR count). The Hall–Kier alpha value is -2.91. The summed E-state index contributed by atoms with van der Waals surface area (Å²) in [6.07, 6.45) is 3.02. The molecule has 0 unspecified atom stereocenters. The van der Waals surface area contributed by atoms with Crippen LogP contribution in [0.2, 0.25) is 0 Å². The van der Waals surface area contributed by atoms with E-state index in [-0.39, 0.29) is 22.1 Å². The summed E-state index contributed by atoms with van der Waals surface area (Å²) < 4.78 is 0. The largest absolute Gasteiger partial charge is 0.489 e. The van der Waals surface area contributed by atoms with Crippen LogP contribution in [0.4, 0.5) is 0 Å². The van der Waals surface area contributed by atoms with Crippen molar-refractivity contribution >= 4 is 49.3 Å². The van der Waals surface area contributed by atoms with Crippen molar-refractivity contribution in [3.8, 4) is 0 Å². The lowest BCUT2D eigenvalue weighted by Gasteiger charge is -2.07. The van der Waals surface area contributed by atoms with Crippen LogP contribution in [0.3, 0.4) is 0 Å². The van der Waals surface area contributed by atoms with Crippen molar-refractivity contribution in [1.82, 2.24) is 0 Å². The quantitative estimate of drug-likeness (QED) is 0.273. The van der Waals surface area contributed by atoms with Crippen molar-refractivity contribution in [2.75, 3.05) is 0 Å². The highest BCUT2D eigenvalue weighted by Crippen LogP contribution is 2.12. The van der Waals surface area contributed by atoms with Gasteiger partial charge in [0.05, 0.1) is 11.1 Å². The molecule has 132 valence electrons. The van der Waals surface area contributed by atoms with Gasteiger partial charge >= 0.3 is 26.2 Å². The molecule has 0 aliphatic rings. The molecule has 26 heavy (non-hydrogen) atoms. The number of carbonyl (C=O) groups is 2. The van der Waals surface area contributed by atoms with E-state index in [0.717, 1.165) is 0 Å². The van der Waals surface area contributed by atoms with Crippen molar-refractivity contribution in [3.63, 3.8) is 0 Å². The maximum Gasteiger partial charge on any atom is 0.489 e. The summed E-state index contributed by atoms with van der Waals surface area (Å²) in [4.78, 5) is 22.4. The smallest absolute Gasteiger partial charge is 0.478 e. The Morgan fingerprint density at radius 1 is 0.692 bits per heavy atom. The van der Waals surface area contributed by atoms with Crippen LogP contribution < -0.4 is 10.9 Å². The minimum atomic E-state index is -1.92. The summed E-state index contributed by atoms with van der Waals surface area (Å²) in [5.41, 5.74) is 0.0392. The van der Waals surface area contributed by atoms with E-state index in [9.17, 15) is 29.7 Å². The third kappa shape index (κ3) is 4.38. The fourth-order valence-electron chi connectivity index (χ4n) is 2.37. The van der Waals surface area contributed by atoms with Gasteiger partial charge < -0.3 is 30.3 Å². The Morgan fingerprint density at radius 3 is 1.31 bits per heavy atom. The number of benzene rings is 2. The zero-order chi connectivity index (χ0) is 19.4. The third-order valence-electron chi connectivity index (χ3n) is 3.64. The number of hydrogen-bond acceptors (Lipinski definition) is 6. The molecule has 8 nitrogen and oxygen atoms in total. The Morgan fingerprint density at radius 2 is 1.04 bits per heavy atom. The first-order chi connectivity index (χ1) is 12.2. The molecule has 0 saturated heterocycles. The highest BCUT2D eigenvalue weighted by atomic mass is 16.4. The maximum absolute atomic E-state index is 11.2. The zero-order valence-corrected chi connectivity index (χ0v) is 13.3. The van der Waals surface area contributed by atoms with Crippen LogP contribution in [-0.2, 0) is 0 Å². The third-order valence-corrected chi connectivity index (χ3v) is 3.64. The van der Waals surface area contributed by atoms with E-state index < -0.39 is 26.2 Å². The molecule has 0 heterocycles. The summed E-state index contributed by atoms with van der Waals surface area (Å²) in [6, 6.07) is 7.97. The lowest BCUT2D eigenvalue weighted by Crippen LogP contribution is -2.34. The highest BCUT2D eigenvalue weighted by Gasteiger charge is 2.21. The predicted molar refractivity (Wildman–Crippen MR) is 95.4 cm³/mol. The van der Waals surface area contributed by atoms with Gasteiger partial charge in [-0.05, 0) is 34.2 Å². The van der Waals surface area contributed by atoms with Crippen LogP contribution in [-0.4, -0.2) is 56.5 Å². The lowest BCUT2D eigenvalue weighted by atomic mass is 9.76. The number of carboxylic acid groups (broad SMARTS) is 2. The predicted octanol–water partition coefficient (Wildman–Crippen LogP) is -1.39. The molecule has 0 spiro atoms. The summed E-state index contributed by atoms with van der Waals surface area (Å²) in [5, 5.41) is 55.0. The highest BCUT2D eigenvalue weighted by molar-refractivity contribution is 6.60. The van der Waals surface area contributed by atoms with E-state index in [2.05, 4.69) is 0 Å². The number of rotatable bonds is 6. The molecule has 0 aromatic heterocycles. The Balaban J connectivity index is 2.38. The van der Waals surface area contributed by atoms with Crippen LogP contribution in [0.5, 0.6) is 0 Å². The number of hydrogen-bond donors (Lipinski definition) is 6. The average Bonchev–Trinajstić information content (AvgIpc) is 2.59. The van der Waals surface area contributed by atoms with Gasteiger partial charge in [0.25, 0.3) is 0 Å². The van der Waals surface area contributed by atoms with Gasteiger partial charge in [-0.1, -0.05) is 36.4 Å². The van der Waals surface area contributed by atoms with Crippen LogP contribution in [0.1, 0.15) is 31.8 Å². The average molecular weight is 356 g/mol. The molecule has 0 bridgehead atoms. The second kappa shape index (κ2) is 7.98. The van der Waals surface area contributed by atoms with Gasteiger partial charge in [0.2, 0.25) is 0 Å². The van der Waals surface area contributed by atoms with Gasteiger partial charge in [0, 0.05) is 0 Å². The Labute approximate surface area is 148 Å². The van der Waals surface area contributed by atoms with E-state index in [1.54, 1.807) is 0 Å². The van der Waals surface area contributed by atoms with Crippen LogP contribution >= 0.6 is 0 Å². The van der Waals surface area contributed by atoms with Gasteiger partial charge in [0.15, 0.2) is 0 Å². The molecule has 2 aromatic carbocycles. The minimum Gasteiger partial charge on any atom is -0.478 e. The summed E-state index contributed by atoms with van der Waals surface area (Å²) in [7, 11) is -3.84. The monoisotopic (exact) mass is 356 g/mol. The SMILES string of the molecule is O=C(O)c1cc(/C=C/c2ccc(B(O)O)c(C(=O)O)c2)ccc1B(O)O. The second-order valence-corrected chi connectivity index (χ2v) is 5.38. The first kappa shape index (κ1) is 19.4. The lowest BCUT2D eigenvalue weighted by molar-refractivity contribution is 0.0687. The summed E-state index contributed by atoms with van der Waals surface area (Å²) in [5.74, 6) is -2.64. The Kier molecular flexibility index (Phi) is 5.96. The molecular formula is C16H14B2O8. The van der Waals surface area contributed by atoms with Crippen molar-refractivity contribution < 1.29 is 39.9 Å². The standard InChI is InChI=1S/C16H14B2O8/c19-15(20)11-7-9(3-5-13(11)17(23)24)1-2-10-4-6-14(18(25)26)12(8-10)16(21)22/h1-8,23-26H,(H,19,20)(H,21,22)/b2-1+. The summed E-state index contributed by atoms with van der Waals surface area (Å²) >= 11 is 0. The molecule has 0 amide bonds. The van der Waals surface area contributed by atoms with Crippen molar-refractivity contribution in [1.29, 1.82) is 0 Å². The molecule has 10 heteroatoms. The van der Waals surface area contributed by atoms with Crippen LogP contribution in [0.25, 0.3) is 12.2 Å². The first-order valence-corrected chi connectivity index (χ1v) is 7.35. The summed E-state index contributed by atoms with van der Waals surface area (Å²) in [6.45, 7) is 0. The van der Waals surface area contributed by atoms with E-state index in [4.69, 9.17) is 10.2 Å². The van der Waals surface area contributed by atoms with Crippen LogP contribution in [0, 0.1) is 0 Å². The first-order valence-electron chi connectivity index (χ1n) is 7.35. The van der Waals surface area contributed by atoms with Gasteiger partial charge in [-0.2, -0.15) is 0 Å². The zero-order valence-electron chi connectivity index (χ0n) is 13.3. The van der Waals surface area contributed by atoms with Crippen molar-refractivity contribution in [3.05, 3.63) is 58.7 Å². The van der Waals surface area contributed by atoms with Gasteiger partial charge in [-0.15, -0.1) is 0 Å². The van der Waals surface area contributed by atoms with Gasteiger partial charge in [-0.3, -0.25) is 0 Å². The van der Waals surface area contributed by atoms with E-state index in [1.807, 2.05) is 0 Å². The van der Waals surface area contributed by atoms with Crippen molar-refractivity contribution in [2.24, 2.45) is 0 Å². The van der Waals surface area contributed by atoms with Gasteiger partial charge in [-0.25, -0.2) is 9.59 Å². The normalized spacial score (nSPS) is 10.8. The maximum atomic E-state index is 11.2. The Bertz CT molecular complexity index is 805. The van der Waals surface area contributed by atoms with Crippen LogP contribution in [0.15, 0.2) is 36.4 Å². The molecule has 0 radical (unpaired) electrons. The van der Waals surface area contributed by atoms with E-state index in [0.29, 0.717) is 11.1 Å². The number of aromatic carboxylic acids is 2. The van der Waals surface area contributed by atoms with E-state index >= 15 is 0 Å². The molecular weight excluding hydrogens is 342 g/mol. The minimum absolute atomic E-state index is 0.149. The van der Waals surface area contributed by atoms with E-state index in [1.165, 1.54) is 48.6 Å². The molecule has 2 aromatic rings. The topological polar surface area (TPSA) is 156 Å². The second-order valence-electron chi connectivity index (χ2n) is 5.38. The molecule has 0 aliphatic carbocycles. The van der Waals surface area contributed by atoms with Gasteiger partial charge in [0.1, 0.15) is 0 Å². The molecule has 0 saturated carbocycles. The molecule has 6 N–H and O–H groups in total. The fraction of sp³-hybridized carbons (Fsp3) is 0. The molecule has 0 atom stereocenters. The molecule has 0 fully saturated rings. The van der Waals surface area contributed by atoms with Crippen molar-refractivity contribution in [2.45, 2.75) is 0 Å². The number of carboxylic acids is 2. The molecule has 0 aliphatic heterocycles.